The van der Waals surface area contributed by atoms with Crippen molar-refractivity contribution in [1.82, 2.24) is 15.4 Å². The molecule has 2 aromatic carbocycles. The maximum atomic E-state index is 13.5. The first kappa shape index (κ1) is 29.1. The Balaban J connectivity index is 1.37. The maximum Gasteiger partial charge on any atom is 0.249 e. The lowest BCUT2D eigenvalue weighted by Crippen LogP contribution is -2.48. The summed E-state index contributed by atoms with van der Waals surface area (Å²) in [6.45, 7) is 2.28. The number of nitrogens with two attached hydrogens (primary N) is 1. The topological polar surface area (TPSA) is 101 Å². The van der Waals surface area contributed by atoms with E-state index < -0.39 is 22.9 Å². The zero-order chi connectivity index (χ0) is 28.0. The number of carbonyl (C=O) groups is 1. The van der Waals surface area contributed by atoms with Crippen molar-refractivity contribution in [3.8, 4) is 5.75 Å². The minimum atomic E-state index is -1.47. The van der Waals surface area contributed by atoms with Crippen LogP contribution in [0.25, 0.3) is 10.9 Å². The van der Waals surface area contributed by atoms with Gasteiger partial charge in [-0.15, -0.1) is 11.8 Å². The molecular weight excluding hydrogens is 529 g/mol. The zero-order valence-electron chi connectivity index (χ0n) is 21.8. The van der Waals surface area contributed by atoms with Crippen LogP contribution in [0.2, 0.25) is 0 Å². The number of fused-ring (bicyclic) bond motifs is 1. The van der Waals surface area contributed by atoms with Crippen LogP contribution in [0.1, 0.15) is 36.8 Å². The van der Waals surface area contributed by atoms with Crippen molar-refractivity contribution in [2.45, 2.75) is 43.5 Å². The number of benzene rings is 2. The van der Waals surface area contributed by atoms with Gasteiger partial charge in [-0.25, -0.2) is 18.7 Å². The Morgan fingerprint density at radius 2 is 1.92 bits per heavy atom. The van der Waals surface area contributed by atoms with Crippen LogP contribution >= 0.6 is 11.8 Å². The Bertz CT molecular complexity index is 1290. The lowest BCUT2D eigenvalue weighted by Gasteiger charge is -2.40. The Morgan fingerprint density at radius 1 is 1.21 bits per heavy atom. The largest absolute Gasteiger partial charge is 0.497 e. The van der Waals surface area contributed by atoms with Crippen molar-refractivity contribution >= 4 is 28.6 Å². The number of thioether (sulfide) groups is 1. The van der Waals surface area contributed by atoms with E-state index in [4.69, 9.17) is 10.5 Å². The first-order valence-electron chi connectivity index (χ1n) is 12.9. The van der Waals surface area contributed by atoms with E-state index in [1.165, 1.54) is 11.8 Å². The number of hydroxylamine groups is 1. The number of ether oxygens (including phenoxy) is 1. The molecule has 0 radical (unpaired) electrons. The molecule has 4 N–H and O–H groups in total. The minimum Gasteiger partial charge on any atom is -0.497 e. The smallest absolute Gasteiger partial charge is 0.249 e. The second-order valence-electron chi connectivity index (χ2n) is 9.82. The number of piperidine rings is 1. The molecule has 0 aliphatic carbocycles. The molecule has 1 amide bonds. The molecule has 1 aromatic heterocycles. The van der Waals surface area contributed by atoms with Gasteiger partial charge in [0.05, 0.1) is 18.0 Å². The number of hydrogen-bond acceptors (Lipinski definition) is 7. The predicted molar refractivity (Wildman–Crippen MR) is 144 cm³/mol. The molecule has 2 heterocycles. The van der Waals surface area contributed by atoms with Crippen molar-refractivity contribution in [1.29, 1.82) is 0 Å². The van der Waals surface area contributed by atoms with Crippen LogP contribution < -0.4 is 16.0 Å². The molecule has 1 saturated heterocycles. The summed E-state index contributed by atoms with van der Waals surface area (Å²) in [5.74, 6) is -2.96. The van der Waals surface area contributed by atoms with Gasteiger partial charge < -0.3 is 15.4 Å². The van der Waals surface area contributed by atoms with Crippen LogP contribution in [0.3, 0.4) is 0 Å². The third kappa shape index (κ3) is 6.66. The first-order valence-corrected chi connectivity index (χ1v) is 13.9. The SMILES string of the molecule is COc1ccc2ncc(CN)c(CCCC3(C(=O)NO)CCN(CCSc4cc(F)c(F)c(F)c4)CC3)c2c1. The summed E-state index contributed by atoms with van der Waals surface area (Å²) in [6, 6.07) is 7.72. The van der Waals surface area contributed by atoms with Gasteiger partial charge in [-0.05, 0) is 86.7 Å². The number of aryl methyl sites for hydroxylation is 1. The normalized spacial score (nSPS) is 15.4. The van der Waals surface area contributed by atoms with E-state index in [1.54, 1.807) is 13.3 Å². The van der Waals surface area contributed by atoms with Crippen LogP contribution in [-0.4, -0.2) is 53.5 Å². The first-order chi connectivity index (χ1) is 18.8. The van der Waals surface area contributed by atoms with Crippen LogP contribution in [0.15, 0.2) is 41.4 Å². The van der Waals surface area contributed by atoms with Gasteiger partial charge in [-0.3, -0.25) is 15.0 Å². The highest BCUT2D eigenvalue weighted by Gasteiger charge is 2.40. The van der Waals surface area contributed by atoms with E-state index in [-0.39, 0.29) is 5.91 Å². The molecule has 0 bridgehead atoms. The third-order valence-electron chi connectivity index (χ3n) is 7.61. The highest BCUT2D eigenvalue weighted by atomic mass is 32.2. The third-order valence-corrected chi connectivity index (χ3v) is 8.56. The summed E-state index contributed by atoms with van der Waals surface area (Å²) in [7, 11) is 1.62. The van der Waals surface area contributed by atoms with E-state index in [2.05, 4.69) is 9.88 Å². The summed E-state index contributed by atoms with van der Waals surface area (Å²) in [4.78, 5) is 19.8. The maximum absolute atomic E-state index is 13.5. The second kappa shape index (κ2) is 13.0. The quantitative estimate of drug-likeness (QED) is 0.133. The number of amides is 1. The minimum absolute atomic E-state index is 0.329. The van der Waals surface area contributed by atoms with E-state index in [1.807, 2.05) is 23.7 Å². The Labute approximate surface area is 229 Å². The average Bonchev–Trinajstić information content (AvgIpc) is 2.96. The van der Waals surface area contributed by atoms with Gasteiger partial charge in [0.25, 0.3) is 0 Å². The molecule has 0 atom stereocenters. The van der Waals surface area contributed by atoms with Gasteiger partial charge in [0, 0.05) is 35.3 Å². The van der Waals surface area contributed by atoms with Crippen LogP contribution in [0.5, 0.6) is 5.75 Å². The van der Waals surface area contributed by atoms with Crippen LogP contribution in [-0.2, 0) is 17.8 Å². The van der Waals surface area contributed by atoms with Crippen molar-refractivity contribution in [2.75, 3.05) is 32.5 Å². The molecule has 7 nitrogen and oxygen atoms in total. The molecule has 4 rings (SSSR count). The van der Waals surface area contributed by atoms with Gasteiger partial charge in [-0.1, -0.05) is 0 Å². The molecule has 0 spiro atoms. The molecular formula is C28H33F3N4O3S. The number of hydrogen-bond donors (Lipinski definition) is 3. The number of aromatic nitrogens is 1. The molecule has 1 aliphatic heterocycles. The number of rotatable bonds is 11. The van der Waals surface area contributed by atoms with E-state index >= 15 is 0 Å². The molecule has 0 unspecified atom stereocenters. The molecule has 1 fully saturated rings. The van der Waals surface area contributed by atoms with Crippen LogP contribution in [0.4, 0.5) is 13.2 Å². The van der Waals surface area contributed by atoms with E-state index in [0.29, 0.717) is 68.9 Å². The van der Waals surface area contributed by atoms with Crippen molar-refractivity contribution in [3.63, 3.8) is 0 Å². The molecule has 1 aliphatic rings. The van der Waals surface area contributed by atoms with Gasteiger partial charge >= 0.3 is 0 Å². The summed E-state index contributed by atoms with van der Waals surface area (Å²) in [5, 5.41) is 10.5. The number of nitrogens with zero attached hydrogens (tertiary/aromatic N) is 2. The number of likely N-dealkylation sites (tertiary alicyclic amines) is 1. The average molecular weight is 563 g/mol. The molecule has 39 heavy (non-hydrogen) atoms. The fourth-order valence-corrected chi connectivity index (χ4v) is 6.25. The number of carbonyl (C=O) groups excluding carboxylic acids is 1. The lowest BCUT2D eigenvalue weighted by molar-refractivity contribution is -0.143. The molecule has 0 saturated carbocycles. The highest BCUT2D eigenvalue weighted by Crippen LogP contribution is 2.38. The Kier molecular flexibility index (Phi) is 9.71. The standard InChI is InChI=1S/C28H33F3N4O3S/c1-38-19-4-5-25-22(13-19)21(18(16-32)17-33-25)3-2-6-28(27(36)34-37)7-9-35(10-8-28)11-12-39-20-14-23(29)26(31)24(30)15-20/h4-5,13-15,17,37H,2-3,6-12,16,32H2,1H3,(H,34,36). The Hall–Kier alpha value is -2.86. The monoisotopic (exact) mass is 562 g/mol. The summed E-state index contributed by atoms with van der Waals surface area (Å²) in [6.07, 6.45) is 4.94. The van der Waals surface area contributed by atoms with E-state index in [9.17, 15) is 23.2 Å². The van der Waals surface area contributed by atoms with E-state index in [0.717, 1.165) is 39.9 Å². The number of pyridine rings is 1. The zero-order valence-corrected chi connectivity index (χ0v) is 22.6. The van der Waals surface area contributed by atoms with Crippen molar-refractivity contribution < 1.29 is 27.9 Å². The number of methoxy groups -OCH3 is 1. The summed E-state index contributed by atoms with van der Waals surface area (Å²) < 4.78 is 45.5. The van der Waals surface area contributed by atoms with Gasteiger partial charge in [-0.2, -0.15) is 0 Å². The lowest BCUT2D eigenvalue weighted by atomic mass is 9.73. The number of halogens is 3. The molecule has 11 heteroatoms. The van der Waals surface area contributed by atoms with Gasteiger partial charge in [0.1, 0.15) is 5.75 Å². The summed E-state index contributed by atoms with van der Waals surface area (Å²) >= 11 is 1.25. The molecule has 210 valence electrons. The number of nitrogens with one attached hydrogen (secondary N) is 1. The van der Waals surface area contributed by atoms with Gasteiger partial charge in [0.15, 0.2) is 17.5 Å². The highest BCUT2D eigenvalue weighted by molar-refractivity contribution is 7.99. The summed E-state index contributed by atoms with van der Waals surface area (Å²) in [5.41, 5.74) is 10.1. The van der Waals surface area contributed by atoms with Crippen molar-refractivity contribution in [3.05, 3.63) is 65.1 Å². The van der Waals surface area contributed by atoms with Crippen molar-refractivity contribution in [2.24, 2.45) is 11.1 Å². The second-order valence-corrected chi connectivity index (χ2v) is 11.0. The Morgan fingerprint density at radius 3 is 2.56 bits per heavy atom. The fraction of sp³-hybridized carbons (Fsp3) is 0.429. The van der Waals surface area contributed by atoms with Crippen LogP contribution in [0, 0.1) is 22.9 Å². The predicted octanol–water partition coefficient (Wildman–Crippen LogP) is 4.82. The van der Waals surface area contributed by atoms with Gasteiger partial charge in [0.2, 0.25) is 5.91 Å². The fourth-order valence-electron chi connectivity index (χ4n) is 5.29. The molecule has 3 aromatic rings.